The van der Waals surface area contributed by atoms with Crippen molar-refractivity contribution >= 4 is 86.1 Å². The van der Waals surface area contributed by atoms with Crippen LogP contribution in [0.25, 0.3) is 10.6 Å². The standard InChI is InChI=1S/C30H36N4O3P2.C27H27N3O3.C3H9NP2.CH3F.2Ni/c1-21(33-39(2)38)27(30(36)37)32-28(23-14-7-4-8-15-23)24-16-9-10-17-25(24)31-29(35)26-18-11-19-34(26)20-22-12-5-3-6-13-22;31-25(32)18-28-26(21-12-5-2-6-13-21)22-14-7-8-15-23(22)29-27(33)24-16-9-17-30(24)19-20-10-3-1-4-11-20;1-3-4-6(2)5;1-2;;/h3-10,12-17,21,26-27,33H,11,18-20,38H2,1-2H3,(H2,31,32,35,36,37);1-8,10-15,24H,9,16-19H2,(H2,28,29,31,32,33);3H,5H2,1-2H3;1H3;;/q;;;;2*+2/p-2/t21-,26+,27+,39?;24-;;;;/m10..../s1/i;;;1D;;. The molecule has 2 saturated heterocycles. The third-order valence-corrected chi connectivity index (χ3v) is 15.0. The molecule has 6 aromatic rings. The first-order valence-corrected chi connectivity index (χ1v) is 32.9. The molecule has 438 valence electrons. The molecule has 2 aliphatic rings. The summed E-state index contributed by atoms with van der Waals surface area (Å²) in [5, 5.41) is 31.6. The fourth-order valence-corrected chi connectivity index (χ4v) is 11.5. The normalized spacial score (nSPS) is 16.7. The third kappa shape index (κ3) is 23.1. The van der Waals surface area contributed by atoms with Gasteiger partial charge in [-0.05, 0) is 96.0 Å². The van der Waals surface area contributed by atoms with E-state index in [9.17, 15) is 33.8 Å². The molecule has 8 rings (SSSR count). The van der Waals surface area contributed by atoms with E-state index < -0.39 is 38.9 Å². The zero-order chi connectivity index (χ0) is 58.5. The monoisotopic (exact) mass is 1270 g/mol. The minimum Gasteiger partial charge on any atom is -0.625 e. The number of para-hydroxylation sites is 2. The molecule has 0 aliphatic carbocycles. The molecule has 21 heteroatoms. The Bertz CT molecular complexity index is 3000. The van der Waals surface area contributed by atoms with Crippen LogP contribution < -0.4 is 5.09 Å². The Labute approximate surface area is 511 Å². The van der Waals surface area contributed by atoms with Crippen molar-refractivity contribution in [1.29, 1.82) is 0 Å². The zero-order valence-corrected chi connectivity index (χ0v) is 52.4. The zero-order valence-electron chi connectivity index (χ0n) is 47.3. The summed E-state index contributed by atoms with van der Waals surface area (Å²) < 4.78 is 19.5. The summed E-state index contributed by atoms with van der Waals surface area (Å²) in [6.45, 7) is 10.6. The molecule has 0 saturated carbocycles. The molecule has 8 atom stereocenters. The van der Waals surface area contributed by atoms with Gasteiger partial charge in [0.1, 0.15) is 6.54 Å². The van der Waals surface area contributed by atoms with E-state index in [1.807, 2.05) is 160 Å². The number of nitrogens with one attached hydrogen (secondary N) is 1. The van der Waals surface area contributed by atoms with Crippen molar-refractivity contribution in [2.75, 3.05) is 40.1 Å². The molecule has 3 N–H and O–H groups in total. The van der Waals surface area contributed by atoms with Gasteiger partial charge in [0, 0.05) is 44.2 Å². The van der Waals surface area contributed by atoms with Crippen molar-refractivity contribution in [1.82, 2.24) is 14.9 Å². The predicted molar refractivity (Wildman–Crippen MR) is 336 cm³/mol. The number of rotatable bonds is 20. The van der Waals surface area contributed by atoms with E-state index in [2.05, 4.69) is 84.1 Å². The summed E-state index contributed by atoms with van der Waals surface area (Å²) in [6.07, 6.45) is 5.26. The first-order chi connectivity index (χ1) is 39.1. The van der Waals surface area contributed by atoms with Gasteiger partial charge in [-0.25, -0.2) is 4.79 Å². The number of carbonyl (C=O) groups excluding carboxylic acids is 2. The fraction of sp³-hybridized carbons (Fsp3) is 0.295. The maximum absolute atomic E-state index is 13.5. The van der Waals surface area contributed by atoms with Crippen molar-refractivity contribution in [2.45, 2.75) is 76.8 Å². The summed E-state index contributed by atoms with van der Waals surface area (Å²) in [5.41, 5.74) is 7.16. The van der Waals surface area contributed by atoms with E-state index in [1.54, 1.807) is 12.1 Å². The van der Waals surface area contributed by atoms with Crippen LogP contribution in [0.4, 0.5) is 15.8 Å². The molecule has 0 spiro atoms. The van der Waals surface area contributed by atoms with Crippen LogP contribution in [-0.4, -0.2) is 126 Å². The third-order valence-electron chi connectivity index (χ3n) is 12.7. The summed E-state index contributed by atoms with van der Waals surface area (Å²) >= 11 is 0. The summed E-state index contributed by atoms with van der Waals surface area (Å²) in [4.78, 5) is 63.8. The van der Waals surface area contributed by atoms with Gasteiger partial charge < -0.3 is 30.4 Å². The second kappa shape index (κ2) is 38.6. The van der Waals surface area contributed by atoms with Gasteiger partial charge in [0.2, 0.25) is 0 Å². The number of hydrogen-bond acceptors (Lipinski definition) is 10. The van der Waals surface area contributed by atoms with Gasteiger partial charge in [-0.3, -0.25) is 38.8 Å². The Morgan fingerprint density at radius 2 is 1.07 bits per heavy atom. The van der Waals surface area contributed by atoms with E-state index in [-0.39, 0.29) is 71.2 Å². The number of carboxylic acids is 2. The van der Waals surface area contributed by atoms with Crippen LogP contribution in [0.15, 0.2) is 185 Å². The number of aliphatic imine (C=N–C) groups is 2. The molecule has 2 fully saturated rings. The molecule has 2 heterocycles. The van der Waals surface area contributed by atoms with Gasteiger partial charge in [0.05, 0.1) is 43.8 Å². The van der Waals surface area contributed by atoms with Crippen molar-refractivity contribution < 1.29 is 68.1 Å². The van der Waals surface area contributed by atoms with Crippen LogP contribution in [0.3, 0.4) is 0 Å². The first kappa shape index (κ1) is 69.2. The summed E-state index contributed by atoms with van der Waals surface area (Å²) in [5.74, 6) is -2.40. The molecule has 14 nitrogen and oxygen atoms in total. The predicted octanol–water partition coefficient (Wildman–Crippen LogP) is 13.2. The topological polar surface area (TPSA) is 193 Å². The SMILES string of the molecule is CC=NP(C)P.C[C@@H](NP(C)P)[C@H](N=C(c1ccccc1)c1ccccc1[N-]C(=O)[C@@H]1CCCN1Cc1ccccc1)C(=O)O.O=C(O)CN=C(c1ccccc1)c1ccccc1[N-]C(=O)[C@@H]1CCCN1Cc1ccccc1.[2H]CF.[Ni+2].[Ni+2]. The molecule has 0 bridgehead atoms. The number of alkyl halides is 1. The van der Waals surface area contributed by atoms with Gasteiger partial charge in [-0.2, -0.15) is 0 Å². The van der Waals surface area contributed by atoms with Crippen LogP contribution >= 0.6 is 33.4 Å². The van der Waals surface area contributed by atoms with E-state index in [0.717, 1.165) is 49.9 Å². The molecular weight excluding hydrogens is 1200 g/mol. The van der Waals surface area contributed by atoms with Crippen LogP contribution in [0.1, 0.15) is 74.3 Å². The van der Waals surface area contributed by atoms with Crippen LogP contribution in [-0.2, 0) is 65.3 Å². The van der Waals surface area contributed by atoms with Gasteiger partial charge in [-0.15, -0.1) is 11.4 Å². The second-order valence-electron chi connectivity index (χ2n) is 18.7. The molecular formula is C61H73FN8Ni2O6P4+2. The number of amides is 2. The molecule has 0 radical (unpaired) electrons. The van der Waals surface area contributed by atoms with Gasteiger partial charge >= 0.3 is 44.9 Å². The van der Waals surface area contributed by atoms with Gasteiger partial charge in [0.15, 0.2) is 6.04 Å². The number of carbonyl (C=O) groups is 4. The minimum absolute atomic E-state index is 0. The molecule has 4 unspecified atom stereocenters. The number of halogens is 1. The van der Waals surface area contributed by atoms with Crippen molar-refractivity contribution in [3.05, 3.63) is 214 Å². The average molecular weight is 1280 g/mol. The average Bonchev–Trinajstić information content (AvgIpc) is 4.19. The molecule has 0 aromatic heterocycles. The molecule has 2 aliphatic heterocycles. The quantitative estimate of drug-likeness (QED) is 0.0379. The van der Waals surface area contributed by atoms with E-state index in [1.165, 1.54) is 11.1 Å². The molecule has 2 amide bonds. The molecule has 82 heavy (non-hydrogen) atoms. The Kier molecular flexibility index (Phi) is 32.5. The Morgan fingerprint density at radius 3 is 1.45 bits per heavy atom. The number of aliphatic carboxylic acids is 2. The number of likely N-dealkylation sites (tertiary alicyclic amines) is 2. The van der Waals surface area contributed by atoms with Gasteiger partial charge in [-0.1, -0.05) is 188 Å². The fourth-order valence-electron chi connectivity index (χ4n) is 9.22. The number of benzene rings is 6. The smallest absolute Gasteiger partial charge is 0.625 e. The van der Waals surface area contributed by atoms with Crippen LogP contribution in [0.5, 0.6) is 0 Å². The van der Waals surface area contributed by atoms with Crippen LogP contribution in [0.2, 0.25) is 0 Å². The summed E-state index contributed by atoms with van der Waals surface area (Å²) in [7, 11) is 3.61. The summed E-state index contributed by atoms with van der Waals surface area (Å²) in [6, 6.07) is 51.8. The first-order valence-electron chi connectivity index (χ1n) is 26.8. The number of nitrogens with zero attached hydrogens (tertiary/aromatic N) is 7. The van der Waals surface area contributed by atoms with E-state index in [4.69, 9.17) is 6.36 Å². The van der Waals surface area contributed by atoms with E-state index >= 15 is 0 Å². The number of hydrogen-bond donors (Lipinski definition) is 3. The second-order valence-corrected chi connectivity index (χ2v) is 26.1. The largest absolute Gasteiger partial charge is 2.00 e. The number of carboxylic acid groups (broad SMARTS) is 2. The maximum Gasteiger partial charge on any atom is 2.00 e. The van der Waals surface area contributed by atoms with Crippen molar-refractivity contribution in [2.24, 2.45) is 14.7 Å². The van der Waals surface area contributed by atoms with Crippen LogP contribution in [0, 0.1) is 0 Å². The Balaban J connectivity index is 0.000000375. The molecule has 6 aromatic carbocycles. The minimum atomic E-state index is -1.02. The Morgan fingerprint density at radius 1 is 0.683 bits per heavy atom. The van der Waals surface area contributed by atoms with Crippen molar-refractivity contribution in [3.8, 4) is 0 Å². The Hall–Kier alpha value is -5.27. The maximum atomic E-state index is 13.5. The van der Waals surface area contributed by atoms with Gasteiger partial charge in [0.25, 0.3) is 0 Å². The van der Waals surface area contributed by atoms with E-state index in [0.29, 0.717) is 47.0 Å². The van der Waals surface area contributed by atoms with Crippen molar-refractivity contribution in [3.63, 3.8) is 0 Å².